The summed E-state index contributed by atoms with van der Waals surface area (Å²) >= 11 is 0. The van der Waals surface area contributed by atoms with Crippen molar-refractivity contribution in [1.82, 2.24) is 0 Å². The Morgan fingerprint density at radius 3 is 2.82 bits per heavy atom. The summed E-state index contributed by atoms with van der Waals surface area (Å²) in [5.74, 6) is 0.144. The first-order chi connectivity index (χ1) is 5.29. The minimum atomic E-state index is -0.186. The van der Waals surface area contributed by atoms with Crippen LogP contribution in [-0.4, -0.2) is 18.2 Å². The van der Waals surface area contributed by atoms with Crippen molar-refractivity contribution in [2.75, 3.05) is 6.61 Å². The lowest BCUT2D eigenvalue weighted by atomic mass is 10.0. The van der Waals surface area contributed by atoms with Gasteiger partial charge >= 0.3 is 0 Å². The average molecular weight is 150 g/mol. The van der Waals surface area contributed by atoms with E-state index < -0.39 is 0 Å². The zero-order valence-corrected chi connectivity index (χ0v) is 5.79. The van der Waals surface area contributed by atoms with E-state index in [4.69, 9.17) is 4.74 Å². The van der Waals surface area contributed by atoms with Crippen LogP contribution in [0.2, 0.25) is 0 Å². The van der Waals surface area contributed by atoms with Crippen molar-refractivity contribution in [3.63, 3.8) is 0 Å². The summed E-state index contributed by atoms with van der Waals surface area (Å²) in [5.41, 5.74) is 0.257. The molecule has 0 radical (unpaired) electrons. The SMILES string of the molecule is O=C1CC=CC2=C1C(=O)CO2. The fourth-order valence-electron chi connectivity index (χ4n) is 1.22. The normalized spacial score (nSPS) is 22.2. The van der Waals surface area contributed by atoms with E-state index in [-0.39, 0.29) is 23.7 Å². The Morgan fingerprint density at radius 2 is 2.09 bits per heavy atom. The van der Waals surface area contributed by atoms with E-state index in [1.54, 1.807) is 12.2 Å². The number of Topliss-reactive ketones (excluding diaryl/α,β-unsaturated/α-hetero) is 2. The highest BCUT2D eigenvalue weighted by atomic mass is 16.5. The molecule has 1 heterocycles. The highest BCUT2D eigenvalue weighted by molar-refractivity contribution is 6.23. The Bertz CT molecular complexity index is 296. The van der Waals surface area contributed by atoms with E-state index in [1.807, 2.05) is 0 Å². The van der Waals surface area contributed by atoms with Gasteiger partial charge < -0.3 is 4.74 Å². The van der Waals surface area contributed by atoms with Gasteiger partial charge in [0.2, 0.25) is 5.78 Å². The largest absolute Gasteiger partial charge is 0.485 e. The van der Waals surface area contributed by atoms with Gasteiger partial charge in [0.05, 0.1) is 0 Å². The minimum Gasteiger partial charge on any atom is -0.485 e. The van der Waals surface area contributed by atoms with E-state index in [9.17, 15) is 9.59 Å². The van der Waals surface area contributed by atoms with Gasteiger partial charge in [-0.15, -0.1) is 0 Å². The maximum Gasteiger partial charge on any atom is 0.207 e. The number of allylic oxidation sites excluding steroid dienone is 2. The minimum absolute atomic E-state index is 0.0285. The Kier molecular flexibility index (Phi) is 1.18. The van der Waals surface area contributed by atoms with E-state index in [2.05, 4.69) is 0 Å². The Morgan fingerprint density at radius 1 is 1.27 bits per heavy atom. The molecule has 1 aliphatic carbocycles. The van der Waals surface area contributed by atoms with Gasteiger partial charge in [-0.1, -0.05) is 6.08 Å². The number of carbonyl (C=O) groups excluding carboxylic acids is 2. The van der Waals surface area contributed by atoms with Gasteiger partial charge in [-0.2, -0.15) is 0 Å². The third kappa shape index (κ3) is 0.808. The number of ether oxygens (including phenoxy) is 1. The molecule has 0 fully saturated rings. The van der Waals surface area contributed by atoms with Gasteiger partial charge in [-0.25, -0.2) is 0 Å². The van der Waals surface area contributed by atoms with Crippen LogP contribution < -0.4 is 0 Å². The number of hydrogen-bond donors (Lipinski definition) is 0. The maximum absolute atomic E-state index is 11.1. The fraction of sp³-hybridized carbons (Fsp3) is 0.250. The lowest BCUT2D eigenvalue weighted by molar-refractivity contribution is -0.120. The molecule has 2 rings (SSSR count). The van der Waals surface area contributed by atoms with Gasteiger partial charge in [0.15, 0.2) is 12.4 Å². The van der Waals surface area contributed by atoms with E-state index in [0.29, 0.717) is 12.2 Å². The van der Waals surface area contributed by atoms with Crippen LogP contribution in [0.3, 0.4) is 0 Å². The Hall–Kier alpha value is -1.38. The molecule has 0 spiro atoms. The monoisotopic (exact) mass is 150 g/mol. The molecule has 0 aromatic rings. The van der Waals surface area contributed by atoms with Crippen LogP contribution >= 0.6 is 0 Å². The predicted molar refractivity (Wildman–Crippen MR) is 36.7 cm³/mol. The van der Waals surface area contributed by atoms with Gasteiger partial charge in [0.1, 0.15) is 11.3 Å². The zero-order chi connectivity index (χ0) is 7.84. The van der Waals surface area contributed by atoms with Crippen molar-refractivity contribution < 1.29 is 14.3 Å². The smallest absolute Gasteiger partial charge is 0.207 e. The van der Waals surface area contributed by atoms with Gasteiger partial charge in [0.25, 0.3) is 0 Å². The highest BCUT2D eigenvalue weighted by Crippen LogP contribution is 2.23. The molecule has 1 aliphatic heterocycles. The van der Waals surface area contributed by atoms with Crippen molar-refractivity contribution in [3.05, 3.63) is 23.5 Å². The van der Waals surface area contributed by atoms with Crippen LogP contribution in [0.4, 0.5) is 0 Å². The van der Waals surface area contributed by atoms with E-state index in [0.717, 1.165) is 0 Å². The summed E-state index contributed by atoms with van der Waals surface area (Å²) < 4.78 is 4.96. The molecule has 0 aromatic heterocycles. The second kappa shape index (κ2) is 2.05. The quantitative estimate of drug-likeness (QED) is 0.468. The molecule has 3 nitrogen and oxygen atoms in total. The second-order valence-corrected chi connectivity index (χ2v) is 2.48. The summed E-state index contributed by atoms with van der Waals surface area (Å²) in [6.07, 6.45) is 3.72. The van der Waals surface area contributed by atoms with Crippen LogP contribution in [0, 0.1) is 0 Å². The fourth-order valence-corrected chi connectivity index (χ4v) is 1.22. The van der Waals surface area contributed by atoms with E-state index >= 15 is 0 Å². The van der Waals surface area contributed by atoms with Crippen LogP contribution in [0.5, 0.6) is 0 Å². The second-order valence-electron chi connectivity index (χ2n) is 2.48. The molecule has 0 amide bonds. The van der Waals surface area contributed by atoms with Gasteiger partial charge in [-0.3, -0.25) is 9.59 Å². The van der Waals surface area contributed by atoms with Gasteiger partial charge in [0, 0.05) is 6.42 Å². The Balaban J connectivity index is 2.49. The lowest BCUT2D eigenvalue weighted by Gasteiger charge is -2.02. The maximum atomic E-state index is 11.1. The first-order valence-corrected chi connectivity index (χ1v) is 3.39. The molecule has 0 atom stereocenters. The molecule has 0 saturated carbocycles. The van der Waals surface area contributed by atoms with Crippen LogP contribution in [0.25, 0.3) is 0 Å². The first-order valence-electron chi connectivity index (χ1n) is 3.39. The molecule has 11 heavy (non-hydrogen) atoms. The van der Waals surface area contributed by atoms with Crippen molar-refractivity contribution in [2.24, 2.45) is 0 Å². The number of rotatable bonds is 0. The summed E-state index contributed by atoms with van der Waals surface area (Å²) in [6.45, 7) is 0.0285. The molecular weight excluding hydrogens is 144 g/mol. The summed E-state index contributed by atoms with van der Waals surface area (Å²) in [4.78, 5) is 22.1. The van der Waals surface area contributed by atoms with Crippen LogP contribution in [0.15, 0.2) is 23.5 Å². The number of ketones is 2. The average Bonchev–Trinajstić information content (AvgIpc) is 2.34. The third-order valence-electron chi connectivity index (χ3n) is 1.74. The molecule has 0 saturated heterocycles. The van der Waals surface area contributed by atoms with Crippen molar-refractivity contribution in [1.29, 1.82) is 0 Å². The number of hydrogen-bond acceptors (Lipinski definition) is 3. The zero-order valence-electron chi connectivity index (χ0n) is 5.79. The van der Waals surface area contributed by atoms with Gasteiger partial charge in [-0.05, 0) is 6.08 Å². The molecule has 0 aromatic carbocycles. The number of carbonyl (C=O) groups is 2. The predicted octanol–water partition coefficient (Wildman–Crippen LogP) is 0.369. The molecule has 3 heteroatoms. The molecular formula is C8H6O3. The van der Waals surface area contributed by atoms with Crippen LogP contribution in [-0.2, 0) is 14.3 Å². The van der Waals surface area contributed by atoms with E-state index in [1.165, 1.54) is 0 Å². The summed E-state index contributed by atoms with van der Waals surface area (Å²) in [7, 11) is 0. The lowest BCUT2D eigenvalue weighted by Crippen LogP contribution is -2.12. The summed E-state index contributed by atoms with van der Waals surface area (Å²) in [5, 5.41) is 0. The molecule has 0 N–H and O–H groups in total. The summed E-state index contributed by atoms with van der Waals surface area (Å²) in [6, 6.07) is 0. The Labute approximate surface area is 63.3 Å². The van der Waals surface area contributed by atoms with Crippen molar-refractivity contribution in [3.8, 4) is 0 Å². The topological polar surface area (TPSA) is 43.4 Å². The first kappa shape index (κ1) is 6.34. The van der Waals surface area contributed by atoms with Crippen molar-refractivity contribution in [2.45, 2.75) is 6.42 Å². The van der Waals surface area contributed by atoms with Crippen molar-refractivity contribution >= 4 is 11.6 Å². The molecule has 56 valence electrons. The molecule has 0 unspecified atom stereocenters. The highest BCUT2D eigenvalue weighted by Gasteiger charge is 2.30. The molecule has 2 aliphatic rings. The van der Waals surface area contributed by atoms with Crippen LogP contribution in [0.1, 0.15) is 6.42 Å². The third-order valence-corrected chi connectivity index (χ3v) is 1.74. The molecule has 0 bridgehead atoms. The standard InChI is InChI=1S/C8H6O3/c9-5-2-1-3-7-8(5)6(10)4-11-7/h1,3H,2,4H2.